The summed E-state index contributed by atoms with van der Waals surface area (Å²) in [6, 6.07) is -1.06. The molecule has 1 heterocycles. The SMILES string of the molecule is CC(=C[C@@H](C(C)C)N(C)C(=O)[C@H](NC(=O)[C@H]1CCCCN1C(C)C)C(C)(C)C)C(=O)O. The Morgan fingerprint density at radius 3 is 2.16 bits per heavy atom. The van der Waals surface area contributed by atoms with E-state index in [1.165, 1.54) is 6.92 Å². The summed E-state index contributed by atoms with van der Waals surface area (Å²) in [4.78, 5) is 41.9. The first-order chi connectivity index (χ1) is 14.2. The van der Waals surface area contributed by atoms with Gasteiger partial charge in [-0.25, -0.2) is 4.79 Å². The number of nitrogens with zero attached hydrogens (tertiary/aromatic N) is 2. The van der Waals surface area contributed by atoms with E-state index in [1.54, 1.807) is 18.0 Å². The smallest absolute Gasteiger partial charge is 0.331 e. The molecule has 0 aromatic heterocycles. The predicted octanol–water partition coefficient (Wildman–Crippen LogP) is 3.29. The molecule has 0 unspecified atom stereocenters. The monoisotopic (exact) mass is 437 g/mol. The summed E-state index contributed by atoms with van der Waals surface area (Å²) in [7, 11) is 1.69. The van der Waals surface area contributed by atoms with Gasteiger partial charge in [0.05, 0.1) is 12.1 Å². The summed E-state index contributed by atoms with van der Waals surface area (Å²) >= 11 is 0. The van der Waals surface area contributed by atoms with Gasteiger partial charge >= 0.3 is 5.97 Å². The van der Waals surface area contributed by atoms with Crippen molar-refractivity contribution in [2.45, 2.75) is 98.8 Å². The number of hydrogen-bond acceptors (Lipinski definition) is 4. The molecule has 0 aromatic carbocycles. The Morgan fingerprint density at radius 2 is 1.71 bits per heavy atom. The van der Waals surface area contributed by atoms with Crippen LogP contribution in [0.15, 0.2) is 11.6 Å². The summed E-state index contributed by atoms with van der Waals surface area (Å²) < 4.78 is 0. The molecule has 2 amide bonds. The van der Waals surface area contributed by atoms with Crippen molar-refractivity contribution in [1.82, 2.24) is 15.1 Å². The van der Waals surface area contributed by atoms with Crippen molar-refractivity contribution in [2.24, 2.45) is 11.3 Å². The first-order valence-electron chi connectivity index (χ1n) is 11.4. The second kappa shape index (κ2) is 11.1. The van der Waals surface area contributed by atoms with Crippen molar-refractivity contribution in [3.63, 3.8) is 0 Å². The molecular formula is C24H43N3O4. The Labute approximate surface area is 188 Å². The third kappa shape index (κ3) is 7.34. The zero-order valence-electron chi connectivity index (χ0n) is 20.9. The van der Waals surface area contributed by atoms with Gasteiger partial charge in [0.2, 0.25) is 11.8 Å². The fourth-order valence-corrected chi connectivity index (χ4v) is 4.17. The Bertz CT molecular complexity index is 679. The van der Waals surface area contributed by atoms with Gasteiger partial charge in [0.15, 0.2) is 0 Å². The van der Waals surface area contributed by atoms with Crippen molar-refractivity contribution in [2.75, 3.05) is 13.6 Å². The number of rotatable bonds is 8. The highest BCUT2D eigenvalue weighted by Crippen LogP contribution is 2.25. The van der Waals surface area contributed by atoms with Gasteiger partial charge in [-0.15, -0.1) is 0 Å². The van der Waals surface area contributed by atoms with Crippen LogP contribution in [0.3, 0.4) is 0 Å². The molecule has 0 aromatic rings. The molecule has 1 fully saturated rings. The van der Waals surface area contributed by atoms with Crippen LogP contribution in [0.4, 0.5) is 0 Å². The van der Waals surface area contributed by atoms with E-state index in [0.29, 0.717) is 0 Å². The van der Waals surface area contributed by atoms with Crippen molar-refractivity contribution in [3.05, 3.63) is 11.6 Å². The highest BCUT2D eigenvalue weighted by Gasteiger charge is 2.39. The molecule has 7 nitrogen and oxygen atoms in total. The van der Waals surface area contributed by atoms with E-state index >= 15 is 0 Å². The summed E-state index contributed by atoms with van der Waals surface area (Å²) in [5.74, 6) is -1.29. The number of likely N-dealkylation sites (N-methyl/N-ethyl adjacent to an activating group) is 1. The van der Waals surface area contributed by atoms with Crippen molar-refractivity contribution in [3.8, 4) is 0 Å². The number of hydrogen-bond donors (Lipinski definition) is 2. The Balaban J connectivity index is 3.15. The Morgan fingerprint density at radius 1 is 1.13 bits per heavy atom. The van der Waals surface area contributed by atoms with Crippen LogP contribution in [-0.4, -0.2) is 70.4 Å². The zero-order valence-corrected chi connectivity index (χ0v) is 20.9. The van der Waals surface area contributed by atoms with Gasteiger partial charge in [-0.1, -0.05) is 47.1 Å². The van der Waals surface area contributed by atoms with Crippen LogP contribution in [-0.2, 0) is 14.4 Å². The number of carboxylic acid groups (broad SMARTS) is 1. The largest absolute Gasteiger partial charge is 0.478 e. The van der Waals surface area contributed by atoms with E-state index in [0.717, 1.165) is 25.8 Å². The van der Waals surface area contributed by atoms with E-state index in [-0.39, 0.29) is 41.4 Å². The highest BCUT2D eigenvalue weighted by atomic mass is 16.4. The third-order valence-electron chi connectivity index (χ3n) is 6.15. The lowest BCUT2D eigenvalue weighted by Crippen LogP contribution is -2.60. The third-order valence-corrected chi connectivity index (χ3v) is 6.15. The number of piperidine rings is 1. The standard InChI is InChI=1S/C24H43N3O4/c1-15(2)19(14-17(5)23(30)31)26(9)22(29)20(24(6,7)8)25-21(28)18-12-10-11-13-27(18)16(3)4/h14-16,18-20H,10-13H2,1-9H3,(H,25,28)(H,30,31)/t18-,19+,20+/m1/s1. The maximum atomic E-state index is 13.5. The quantitative estimate of drug-likeness (QED) is 0.569. The van der Waals surface area contributed by atoms with Crippen LogP contribution in [0.5, 0.6) is 0 Å². The predicted molar refractivity (Wildman–Crippen MR) is 124 cm³/mol. The second-order valence-corrected chi connectivity index (χ2v) is 10.5. The topological polar surface area (TPSA) is 90.0 Å². The van der Waals surface area contributed by atoms with Crippen molar-refractivity contribution in [1.29, 1.82) is 0 Å². The zero-order chi connectivity index (χ0) is 24.1. The number of amides is 2. The molecule has 0 radical (unpaired) electrons. The molecule has 0 saturated carbocycles. The molecular weight excluding hydrogens is 394 g/mol. The van der Waals surface area contributed by atoms with Crippen LogP contribution < -0.4 is 5.32 Å². The van der Waals surface area contributed by atoms with Crippen molar-refractivity contribution >= 4 is 17.8 Å². The number of carbonyl (C=O) groups is 3. The van der Waals surface area contributed by atoms with Gasteiger partial charge in [0, 0.05) is 18.7 Å². The number of aliphatic carboxylic acids is 1. The van der Waals surface area contributed by atoms with Gasteiger partial charge in [-0.05, 0) is 51.5 Å². The fraction of sp³-hybridized carbons (Fsp3) is 0.792. The minimum absolute atomic E-state index is 0.0225. The van der Waals surface area contributed by atoms with E-state index in [2.05, 4.69) is 24.1 Å². The lowest BCUT2D eigenvalue weighted by Gasteiger charge is -2.41. The highest BCUT2D eigenvalue weighted by molar-refractivity contribution is 5.91. The molecule has 3 atom stereocenters. The molecule has 1 saturated heterocycles. The second-order valence-electron chi connectivity index (χ2n) is 10.5. The average molecular weight is 438 g/mol. The number of likely N-dealkylation sites (tertiary alicyclic amines) is 1. The average Bonchev–Trinajstić information content (AvgIpc) is 2.67. The molecule has 0 bridgehead atoms. The van der Waals surface area contributed by atoms with Gasteiger partial charge < -0.3 is 15.3 Å². The maximum Gasteiger partial charge on any atom is 0.331 e. The van der Waals surface area contributed by atoms with Crippen LogP contribution >= 0.6 is 0 Å². The normalized spacial score (nSPS) is 20.5. The molecule has 1 rings (SSSR count). The van der Waals surface area contributed by atoms with Gasteiger partial charge in [-0.3, -0.25) is 14.5 Å². The molecule has 0 spiro atoms. The Hall–Kier alpha value is -1.89. The minimum Gasteiger partial charge on any atom is -0.478 e. The van der Waals surface area contributed by atoms with E-state index in [1.807, 2.05) is 34.6 Å². The lowest BCUT2D eigenvalue weighted by atomic mass is 9.84. The number of nitrogens with one attached hydrogen (secondary N) is 1. The summed E-state index contributed by atoms with van der Waals surface area (Å²) in [6.07, 6.45) is 4.50. The first kappa shape index (κ1) is 27.1. The van der Waals surface area contributed by atoms with Crippen molar-refractivity contribution < 1.29 is 19.5 Å². The van der Waals surface area contributed by atoms with Crippen LogP contribution in [0.25, 0.3) is 0 Å². The number of carboxylic acids is 1. The summed E-state index contributed by atoms with van der Waals surface area (Å²) in [5, 5.41) is 12.3. The van der Waals surface area contributed by atoms with Crippen LogP contribution in [0.2, 0.25) is 0 Å². The van der Waals surface area contributed by atoms with E-state index in [9.17, 15) is 19.5 Å². The summed E-state index contributed by atoms with van der Waals surface area (Å²) in [5.41, 5.74) is -0.296. The molecule has 178 valence electrons. The van der Waals surface area contributed by atoms with Gasteiger partial charge in [0.1, 0.15) is 6.04 Å². The molecule has 0 aliphatic carbocycles. The molecule has 7 heteroatoms. The molecule has 1 aliphatic heterocycles. The van der Waals surface area contributed by atoms with E-state index < -0.39 is 17.4 Å². The number of carbonyl (C=O) groups excluding carboxylic acids is 2. The van der Waals surface area contributed by atoms with Gasteiger partial charge in [0.25, 0.3) is 0 Å². The maximum absolute atomic E-state index is 13.5. The van der Waals surface area contributed by atoms with E-state index in [4.69, 9.17) is 0 Å². The van der Waals surface area contributed by atoms with Crippen LogP contribution in [0, 0.1) is 11.3 Å². The Kier molecular flexibility index (Phi) is 9.73. The molecule has 31 heavy (non-hydrogen) atoms. The van der Waals surface area contributed by atoms with Crippen LogP contribution in [0.1, 0.15) is 74.7 Å². The molecule has 2 N–H and O–H groups in total. The minimum atomic E-state index is -1.00. The lowest BCUT2D eigenvalue weighted by molar-refractivity contribution is -0.142. The fourth-order valence-electron chi connectivity index (χ4n) is 4.17. The van der Waals surface area contributed by atoms with Gasteiger partial charge in [-0.2, -0.15) is 0 Å². The molecule has 1 aliphatic rings. The summed E-state index contributed by atoms with van der Waals surface area (Å²) in [6.45, 7) is 16.3. The first-order valence-corrected chi connectivity index (χ1v) is 11.4.